The van der Waals surface area contributed by atoms with E-state index in [1.165, 1.54) is 20.9 Å². The fraction of sp³-hybridized carbons (Fsp3) is 0.318. The van der Waals surface area contributed by atoms with E-state index in [4.69, 9.17) is 0 Å². The van der Waals surface area contributed by atoms with Gasteiger partial charge in [-0.3, -0.25) is 9.69 Å². The Morgan fingerprint density at radius 2 is 2.07 bits per heavy atom. The monoisotopic (exact) mass is 396 g/mol. The first-order chi connectivity index (χ1) is 13.2. The first kappa shape index (κ1) is 18.4. The second-order valence-corrected chi connectivity index (χ2v) is 8.93. The van der Waals surface area contributed by atoms with Crippen molar-refractivity contribution in [2.24, 2.45) is 0 Å². The van der Waals surface area contributed by atoms with E-state index in [0.717, 1.165) is 30.6 Å². The lowest BCUT2D eigenvalue weighted by molar-refractivity contribution is -0.117. The lowest BCUT2D eigenvalue weighted by atomic mass is 9.98. The number of benzene rings is 1. The van der Waals surface area contributed by atoms with E-state index in [2.05, 4.69) is 71.2 Å². The molecule has 0 saturated carbocycles. The molecule has 2 aromatic heterocycles. The predicted octanol–water partition coefficient (Wildman–Crippen LogP) is 5.27. The largest absolute Gasteiger partial charge is 0.324 e. The molecule has 0 radical (unpaired) electrons. The molecule has 1 aliphatic rings. The van der Waals surface area contributed by atoms with Crippen LogP contribution < -0.4 is 5.32 Å². The van der Waals surface area contributed by atoms with Gasteiger partial charge in [0.15, 0.2) is 0 Å². The van der Waals surface area contributed by atoms with Gasteiger partial charge in [-0.15, -0.1) is 22.7 Å². The molecule has 1 aromatic carbocycles. The van der Waals surface area contributed by atoms with Crippen LogP contribution in [-0.4, -0.2) is 23.9 Å². The third-order valence-electron chi connectivity index (χ3n) is 5.23. The smallest absolute Gasteiger partial charge is 0.238 e. The van der Waals surface area contributed by atoms with E-state index in [-0.39, 0.29) is 11.9 Å². The molecule has 1 atom stereocenters. The summed E-state index contributed by atoms with van der Waals surface area (Å²) in [5, 5.41) is 7.48. The Hall–Kier alpha value is -1.95. The zero-order valence-corrected chi connectivity index (χ0v) is 17.3. The molecule has 1 aliphatic heterocycles. The molecule has 0 fully saturated rings. The van der Waals surface area contributed by atoms with Gasteiger partial charge in [-0.2, -0.15) is 0 Å². The van der Waals surface area contributed by atoms with Gasteiger partial charge in [-0.1, -0.05) is 31.2 Å². The highest BCUT2D eigenvalue weighted by atomic mass is 32.1. The summed E-state index contributed by atoms with van der Waals surface area (Å²) >= 11 is 3.61. The van der Waals surface area contributed by atoms with Gasteiger partial charge in [-0.05, 0) is 59.3 Å². The van der Waals surface area contributed by atoms with E-state index in [9.17, 15) is 4.79 Å². The molecule has 3 aromatic rings. The Morgan fingerprint density at radius 3 is 2.85 bits per heavy atom. The number of para-hydroxylation sites is 1. The molecule has 0 spiro atoms. The van der Waals surface area contributed by atoms with E-state index in [0.29, 0.717) is 6.54 Å². The third-order valence-corrected chi connectivity index (χ3v) is 7.15. The standard InChI is InChI=1S/C22H24N2OS2/c1-3-16-7-4-6-15(2)21(16)23-20(25)14-24-11-9-18-17(10-13-27-18)22(24)19-8-5-12-26-19/h4-8,10,12-13,22H,3,9,11,14H2,1-2H3,(H,23,25)/t22-/m1/s1. The van der Waals surface area contributed by atoms with Gasteiger partial charge in [-0.25, -0.2) is 0 Å². The molecule has 3 nitrogen and oxygen atoms in total. The molecule has 140 valence electrons. The first-order valence-electron chi connectivity index (χ1n) is 9.39. The number of nitrogens with one attached hydrogen (secondary N) is 1. The summed E-state index contributed by atoms with van der Waals surface area (Å²) in [6, 6.07) is 12.9. The summed E-state index contributed by atoms with van der Waals surface area (Å²) in [4.78, 5) is 18.0. The zero-order chi connectivity index (χ0) is 18.8. The van der Waals surface area contributed by atoms with Crippen LogP contribution in [0.1, 0.15) is 39.4 Å². The van der Waals surface area contributed by atoms with Crippen molar-refractivity contribution in [3.05, 3.63) is 73.6 Å². The van der Waals surface area contributed by atoms with Gasteiger partial charge in [0.05, 0.1) is 12.6 Å². The van der Waals surface area contributed by atoms with Crippen LogP contribution in [-0.2, 0) is 17.6 Å². The number of carbonyl (C=O) groups excluding carboxylic acids is 1. The number of amides is 1. The lowest BCUT2D eigenvalue weighted by Crippen LogP contribution is -2.40. The van der Waals surface area contributed by atoms with Crippen LogP contribution in [0.25, 0.3) is 0 Å². The van der Waals surface area contributed by atoms with E-state index in [1.54, 1.807) is 11.3 Å². The number of hydrogen-bond acceptors (Lipinski definition) is 4. The number of fused-ring (bicyclic) bond motifs is 1. The fourth-order valence-electron chi connectivity index (χ4n) is 3.88. The van der Waals surface area contributed by atoms with Crippen LogP contribution in [0, 0.1) is 6.92 Å². The van der Waals surface area contributed by atoms with Gasteiger partial charge < -0.3 is 5.32 Å². The minimum absolute atomic E-state index is 0.0687. The highest BCUT2D eigenvalue weighted by Gasteiger charge is 2.31. The summed E-state index contributed by atoms with van der Waals surface area (Å²) < 4.78 is 0. The molecular weight excluding hydrogens is 372 g/mol. The molecule has 1 amide bonds. The number of thiophene rings is 2. The van der Waals surface area contributed by atoms with E-state index < -0.39 is 0 Å². The SMILES string of the molecule is CCc1cccc(C)c1NC(=O)CN1CCc2sccc2[C@@H]1c1cccs1. The van der Waals surface area contributed by atoms with Crippen LogP contribution in [0.15, 0.2) is 47.2 Å². The van der Waals surface area contributed by atoms with Crippen LogP contribution in [0.3, 0.4) is 0 Å². The Labute approximate surface area is 168 Å². The van der Waals surface area contributed by atoms with Crippen molar-refractivity contribution in [2.75, 3.05) is 18.4 Å². The number of anilines is 1. The number of carbonyl (C=O) groups is 1. The van der Waals surface area contributed by atoms with Crippen molar-refractivity contribution in [3.8, 4) is 0 Å². The first-order valence-corrected chi connectivity index (χ1v) is 11.2. The Bertz CT molecular complexity index is 930. The maximum atomic E-state index is 12.9. The molecule has 27 heavy (non-hydrogen) atoms. The second-order valence-electron chi connectivity index (χ2n) is 6.95. The molecule has 3 heterocycles. The van der Waals surface area contributed by atoms with Crippen LogP contribution >= 0.6 is 22.7 Å². The van der Waals surface area contributed by atoms with Gasteiger partial charge >= 0.3 is 0 Å². The Morgan fingerprint density at radius 1 is 1.19 bits per heavy atom. The third kappa shape index (κ3) is 3.72. The predicted molar refractivity (Wildman–Crippen MR) is 115 cm³/mol. The highest BCUT2D eigenvalue weighted by Crippen LogP contribution is 2.39. The molecular formula is C22H24N2OS2. The van der Waals surface area contributed by atoms with Gasteiger partial charge in [0, 0.05) is 22.0 Å². The van der Waals surface area contributed by atoms with Crippen molar-refractivity contribution < 1.29 is 4.79 Å². The van der Waals surface area contributed by atoms with Gasteiger partial charge in [0.2, 0.25) is 5.91 Å². The summed E-state index contributed by atoms with van der Waals surface area (Å²) in [7, 11) is 0. The lowest BCUT2D eigenvalue weighted by Gasteiger charge is -2.35. The molecule has 5 heteroatoms. The molecule has 1 N–H and O–H groups in total. The van der Waals surface area contributed by atoms with Crippen molar-refractivity contribution >= 4 is 34.3 Å². The quantitative estimate of drug-likeness (QED) is 0.637. The average Bonchev–Trinajstić information content (AvgIpc) is 3.34. The number of rotatable bonds is 5. The van der Waals surface area contributed by atoms with Crippen LogP contribution in [0.2, 0.25) is 0 Å². The van der Waals surface area contributed by atoms with Crippen molar-refractivity contribution in [1.29, 1.82) is 0 Å². The summed E-state index contributed by atoms with van der Waals surface area (Å²) in [6.45, 7) is 5.51. The number of aryl methyl sites for hydroxylation is 2. The molecule has 0 aliphatic carbocycles. The normalized spacial score (nSPS) is 16.9. The summed E-state index contributed by atoms with van der Waals surface area (Å²) in [5.41, 5.74) is 4.66. The van der Waals surface area contributed by atoms with Crippen molar-refractivity contribution in [1.82, 2.24) is 4.90 Å². The Kier molecular flexibility index (Phi) is 5.43. The maximum Gasteiger partial charge on any atom is 0.238 e. The minimum atomic E-state index is 0.0687. The summed E-state index contributed by atoms with van der Waals surface area (Å²) in [6.07, 6.45) is 1.93. The van der Waals surface area contributed by atoms with Crippen molar-refractivity contribution in [2.45, 2.75) is 32.7 Å². The zero-order valence-electron chi connectivity index (χ0n) is 15.7. The van der Waals surface area contributed by atoms with Gasteiger partial charge in [0.1, 0.15) is 0 Å². The minimum Gasteiger partial charge on any atom is -0.324 e. The van der Waals surface area contributed by atoms with Crippen LogP contribution in [0.4, 0.5) is 5.69 Å². The Balaban J connectivity index is 1.56. The maximum absolute atomic E-state index is 12.9. The second kappa shape index (κ2) is 7.97. The topological polar surface area (TPSA) is 32.3 Å². The number of nitrogens with zero attached hydrogens (tertiary/aromatic N) is 1. The van der Waals surface area contributed by atoms with Gasteiger partial charge in [0.25, 0.3) is 0 Å². The van der Waals surface area contributed by atoms with Crippen LogP contribution in [0.5, 0.6) is 0 Å². The van der Waals surface area contributed by atoms with E-state index >= 15 is 0 Å². The average molecular weight is 397 g/mol. The highest BCUT2D eigenvalue weighted by molar-refractivity contribution is 7.10. The van der Waals surface area contributed by atoms with E-state index in [1.807, 2.05) is 11.3 Å². The fourth-order valence-corrected chi connectivity index (χ4v) is 5.66. The summed E-state index contributed by atoms with van der Waals surface area (Å²) in [5.74, 6) is 0.0687. The molecule has 0 unspecified atom stereocenters. The molecule has 0 bridgehead atoms. The molecule has 4 rings (SSSR count). The number of hydrogen-bond donors (Lipinski definition) is 1. The molecule has 0 saturated heterocycles. The van der Waals surface area contributed by atoms with Crippen molar-refractivity contribution in [3.63, 3.8) is 0 Å².